The van der Waals surface area contributed by atoms with Gasteiger partial charge < -0.3 is 9.88 Å². The van der Waals surface area contributed by atoms with Crippen LogP contribution in [0.2, 0.25) is 0 Å². The van der Waals surface area contributed by atoms with Crippen molar-refractivity contribution in [2.75, 3.05) is 13.1 Å². The van der Waals surface area contributed by atoms with Crippen LogP contribution in [0.5, 0.6) is 0 Å². The molecule has 6 nitrogen and oxygen atoms in total. The normalized spacial score (nSPS) is 23.7. The molecule has 0 radical (unpaired) electrons. The maximum absolute atomic E-state index is 12.7. The summed E-state index contributed by atoms with van der Waals surface area (Å²) in [6.07, 6.45) is 9.47. The fourth-order valence-electron chi connectivity index (χ4n) is 5.23. The van der Waals surface area contributed by atoms with Gasteiger partial charge >= 0.3 is 0 Å². The quantitative estimate of drug-likeness (QED) is 0.688. The molecule has 0 atom stereocenters. The second-order valence-electron chi connectivity index (χ2n) is 9.70. The molecule has 172 valence electrons. The Labute approximate surface area is 194 Å². The second kappa shape index (κ2) is 9.48. The summed E-state index contributed by atoms with van der Waals surface area (Å²) in [6.45, 7) is 5.76. The van der Waals surface area contributed by atoms with Crippen molar-refractivity contribution in [1.82, 2.24) is 19.8 Å². The number of rotatable bonds is 7. The van der Waals surface area contributed by atoms with Crippen molar-refractivity contribution in [3.63, 3.8) is 0 Å². The van der Waals surface area contributed by atoms with Gasteiger partial charge in [0.05, 0.1) is 10.7 Å². The molecule has 2 aliphatic carbocycles. The van der Waals surface area contributed by atoms with Crippen molar-refractivity contribution < 1.29 is 4.79 Å². The van der Waals surface area contributed by atoms with Gasteiger partial charge in [-0.15, -0.1) is 11.3 Å². The standard InChI is InChI=1S/C25H34N4O2S/c1-2-29-21(4-3-5-23(29)30)24(31)26-19-10-6-17(7-11-19)12-14-28-15-13-22-20(16-28)27-25(32-22)18-8-9-18/h3-5,17-19H,2,6-16H2,1H3,(H,26,31). The highest BCUT2D eigenvalue weighted by Crippen LogP contribution is 2.43. The Morgan fingerprint density at radius 1 is 1.19 bits per heavy atom. The molecule has 1 aliphatic heterocycles. The lowest BCUT2D eigenvalue weighted by Gasteiger charge is -2.32. The van der Waals surface area contributed by atoms with E-state index in [1.807, 2.05) is 18.3 Å². The number of aromatic nitrogens is 2. The van der Waals surface area contributed by atoms with E-state index in [4.69, 9.17) is 4.98 Å². The highest BCUT2D eigenvalue weighted by atomic mass is 32.1. The first-order chi connectivity index (χ1) is 15.6. The van der Waals surface area contributed by atoms with E-state index in [9.17, 15) is 9.59 Å². The van der Waals surface area contributed by atoms with Crippen LogP contribution in [0.1, 0.15) is 83.9 Å². The van der Waals surface area contributed by atoms with Gasteiger partial charge in [0, 0.05) is 42.5 Å². The lowest BCUT2D eigenvalue weighted by atomic mass is 9.84. The van der Waals surface area contributed by atoms with Gasteiger partial charge in [0.25, 0.3) is 11.5 Å². The predicted molar refractivity (Wildman–Crippen MR) is 127 cm³/mol. The van der Waals surface area contributed by atoms with E-state index in [0.717, 1.165) is 37.8 Å². The number of carbonyl (C=O) groups excluding carboxylic acids is 1. The molecule has 1 N–H and O–H groups in total. The first kappa shape index (κ1) is 21.8. The molecule has 7 heteroatoms. The summed E-state index contributed by atoms with van der Waals surface area (Å²) < 4.78 is 1.54. The molecule has 0 unspecified atom stereocenters. The molecule has 5 rings (SSSR count). The summed E-state index contributed by atoms with van der Waals surface area (Å²) >= 11 is 1.97. The third-order valence-electron chi connectivity index (χ3n) is 7.38. The number of fused-ring (bicyclic) bond motifs is 1. The van der Waals surface area contributed by atoms with E-state index >= 15 is 0 Å². The van der Waals surface area contributed by atoms with Gasteiger partial charge in [-0.25, -0.2) is 4.98 Å². The number of nitrogens with zero attached hydrogens (tertiary/aromatic N) is 3. The maximum Gasteiger partial charge on any atom is 0.268 e. The molecule has 3 aliphatic rings. The van der Waals surface area contributed by atoms with Gasteiger partial charge in [-0.1, -0.05) is 6.07 Å². The molecule has 32 heavy (non-hydrogen) atoms. The van der Waals surface area contributed by atoms with Crippen molar-refractivity contribution >= 4 is 17.2 Å². The van der Waals surface area contributed by atoms with Crippen LogP contribution in [0.25, 0.3) is 0 Å². The smallest absolute Gasteiger partial charge is 0.268 e. The van der Waals surface area contributed by atoms with Crippen LogP contribution < -0.4 is 10.9 Å². The minimum atomic E-state index is -0.119. The van der Waals surface area contributed by atoms with Gasteiger partial charge in [0.2, 0.25) is 0 Å². The van der Waals surface area contributed by atoms with Crippen LogP contribution in [0.3, 0.4) is 0 Å². The average Bonchev–Trinajstić information content (AvgIpc) is 3.57. The summed E-state index contributed by atoms with van der Waals surface area (Å²) in [5.74, 6) is 1.39. The van der Waals surface area contributed by atoms with Gasteiger partial charge in [0.1, 0.15) is 5.69 Å². The molecular weight excluding hydrogens is 420 g/mol. The van der Waals surface area contributed by atoms with Crippen LogP contribution in [0, 0.1) is 5.92 Å². The van der Waals surface area contributed by atoms with Crippen LogP contribution in [0.4, 0.5) is 0 Å². The van der Waals surface area contributed by atoms with Gasteiger partial charge in [-0.2, -0.15) is 0 Å². The Kier molecular flexibility index (Phi) is 6.47. The number of carbonyl (C=O) groups is 1. The third kappa shape index (κ3) is 4.84. The number of pyridine rings is 1. The van der Waals surface area contributed by atoms with E-state index in [2.05, 4.69) is 10.2 Å². The fourth-order valence-corrected chi connectivity index (χ4v) is 6.47. The molecule has 0 saturated heterocycles. The van der Waals surface area contributed by atoms with Crippen molar-refractivity contribution in [3.05, 3.63) is 49.8 Å². The number of hydrogen-bond donors (Lipinski definition) is 1. The largest absolute Gasteiger partial charge is 0.348 e. The van der Waals surface area contributed by atoms with Crippen molar-refractivity contribution in [2.45, 2.75) is 83.3 Å². The molecule has 0 spiro atoms. The lowest BCUT2D eigenvalue weighted by Crippen LogP contribution is -2.40. The first-order valence-corrected chi connectivity index (χ1v) is 13.1. The van der Waals surface area contributed by atoms with E-state index < -0.39 is 0 Å². The zero-order chi connectivity index (χ0) is 22.1. The minimum absolute atomic E-state index is 0.116. The molecule has 0 aromatic carbocycles. The Morgan fingerprint density at radius 3 is 2.75 bits per heavy atom. The number of nitrogens with one attached hydrogen (secondary N) is 1. The monoisotopic (exact) mass is 454 g/mol. The molecule has 2 aromatic heterocycles. The van der Waals surface area contributed by atoms with Crippen LogP contribution in [-0.4, -0.2) is 39.5 Å². The average molecular weight is 455 g/mol. The topological polar surface area (TPSA) is 67.2 Å². The van der Waals surface area contributed by atoms with Gasteiger partial charge in [0.15, 0.2) is 0 Å². The Balaban J connectivity index is 1.07. The van der Waals surface area contributed by atoms with Crippen molar-refractivity contribution in [3.8, 4) is 0 Å². The van der Waals surface area contributed by atoms with Crippen LogP contribution >= 0.6 is 11.3 Å². The summed E-state index contributed by atoms with van der Waals surface area (Å²) in [5.41, 5.74) is 1.70. The molecule has 3 heterocycles. The summed E-state index contributed by atoms with van der Waals surface area (Å²) in [5, 5.41) is 4.57. The van der Waals surface area contributed by atoms with Crippen molar-refractivity contribution in [1.29, 1.82) is 0 Å². The number of hydrogen-bond acceptors (Lipinski definition) is 5. The molecule has 0 bridgehead atoms. The van der Waals surface area contributed by atoms with E-state index in [1.54, 1.807) is 16.7 Å². The van der Waals surface area contributed by atoms with Crippen molar-refractivity contribution in [2.24, 2.45) is 5.92 Å². The molecular formula is C25H34N4O2S. The highest BCUT2D eigenvalue weighted by molar-refractivity contribution is 7.11. The Bertz CT molecular complexity index is 1020. The summed E-state index contributed by atoms with van der Waals surface area (Å²) in [6, 6.07) is 5.14. The predicted octanol–water partition coefficient (Wildman–Crippen LogP) is 3.94. The fraction of sp³-hybridized carbons (Fsp3) is 0.640. The van der Waals surface area contributed by atoms with Crippen LogP contribution in [-0.2, 0) is 19.5 Å². The molecule has 2 aromatic rings. The first-order valence-electron chi connectivity index (χ1n) is 12.3. The van der Waals surface area contributed by atoms with E-state index in [1.165, 1.54) is 66.7 Å². The molecule has 1 amide bonds. The number of thiazole rings is 1. The minimum Gasteiger partial charge on any atom is -0.348 e. The van der Waals surface area contributed by atoms with Gasteiger partial charge in [-0.05, 0) is 76.8 Å². The zero-order valence-corrected chi connectivity index (χ0v) is 19.8. The summed E-state index contributed by atoms with van der Waals surface area (Å²) in [7, 11) is 0. The molecule has 2 fully saturated rings. The number of amides is 1. The second-order valence-corrected chi connectivity index (χ2v) is 10.8. The zero-order valence-electron chi connectivity index (χ0n) is 19.0. The lowest BCUT2D eigenvalue weighted by molar-refractivity contribution is 0.0909. The third-order valence-corrected chi connectivity index (χ3v) is 8.70. The summed E-state index contributed by atoms with van der Waals surface area (Å²) in [4.78, 5) is 33.8. The highest BCUT2D eigenvalue weighted by Gasteiger charge is 2.30. The Hall–Kier alpha value is -1.99. The SMILES string of the molecule is CCn1c(C(=O)NC2CCC(CCN3CCc4sc(C5CC5)nc4C3)CC2)cccc1=O. The van der Waals surface area contributed by atoms with E-state index in [-0.39, 0.29) is 17.5 Å². The Morgan fingerprint density at radius 2 is 2.00 bits per heavy atom. The molecule has 2 saturated carbocycles. The van der Waals surface area contributed by atoms with Gasteiger partial charge in [-0.3, -0.25) is 14.5 Å². The van der Waals surface area contributed by atoms with Crippen LogP contribution in [0.15, 0.2) is 23.0 Å². The maximum atomic E-state index is 12.7. The van der Waals surface area contributed by atoms with E-state index in [0.29, 0.717) is 12.2 Å².